The van der Waals surface area contributed by atoms with Crippen molar-refractivity contribution in [2.24, 2.45) is 0 Å². The number of carboxylic acids is 1. The number of ether oxygens (including phenoxy) is 1. The SMILES string of the molecule is CCCCCOc1c(O)c(O)c(CCCCC)c(C(=O)O)c1CCCCC. The Kier molecular flexibility index (Phi) is 10.7. The molecular weight excluding hydrogens is 344 g/mol. The molecule has 0 aliphatic rings. The second-order valence-corrected chi connectivity index (χ2v) is 7.13. The number of carbonyl (C=O) groups is 1. The lowest BCUT2D eigenvalue weighted by Crippen LogP contribution is -2.12. The molecule has 3 N–H and O–H groups in total. The Hall–Kier alpha value is -1.91. The fourth-order valence-electron chi connectivity index (χ4n) is 3.33. The van der Waals surface area contributed by atoms with Gasteiger partial charge in [-0.3, -0.25) is 0 Å². The molecule has 0 radical (unpaired) electrons. The summed E-state index contributed by atoms with van der Waals surface area (Å²) in [7, 11) is 0. The third-order valence-electron chi connectivity index (χ3n) is 4.87. The molecule has 1 aromatic rings. The van der Waals surface area contributed by atoms with E-state index in [1.165, 1.54) is 0 Å². The maximum Gasteiger partial charge on any atom is 0.336 e. The van der Waals surface area contributed by atoms with E-state index in [-0.39, 0.29) is 22.8 Å². The third-order valence-corrected chi connectivity index (χ3v) is 4.87. The number of phenolic OH excluding ortho intramolecular Hbond substituents is 2. The van der Waals surface area contributed by atoms with Crippen molar-refractivity contribution in [3.63, 3.8) is 0 Å². The zero-order valence-electron chi connectivity index (χ0n) is 17.1. The minimum Gasteiger partial charge on any atom is -0.504 e. The lowest BCUT2D eigenvalue weighted by Gasteiger charge is -2.20. The van der Waals surface area contributed by atoms with Crippen LogP contribution in [0.1, 0.15) is 100 Å². The molecule has 27 heavy (non-hydrogen) atoms. The van der Waals surface area contributed by atoms with Crippen LogP contribution in [-0.2, 0) is 12.8 Å². The fraction of sp³-hybridized carbons (Fsp3) is 0.682. The van der Waals surface area contributed by atoms with Crippen LogP contribution in [0.25, 0.3) is 0 Å². The van der Waals surface area contributed by atoms with Gasteiger partial charge in [-0.15, -0.1) is 0 Å². The van der Waals surface area contributed by atoms with Crippen LogP contribution in [0.15, 0.2) is 0 Å². The topological polar surface area (TPSA) is 87.0 Å². The molecule has 0 fully saturated rings. The van der Waals surface area contributed by atoms with E-state index in [2.05, 4.69) is 20.8 Å². The number of aromatic carboxylic acids is 1. The van der Waals surface area contributed by atoms with Crippen LogP contribution < -0.4 is 4.74 Å². The molecule has 5 nitrogen and oxygen atoms in total. The number of unbranched alkanes of at least 4 members (excludes halogenated alkanes) is 6. The van der Waals surface area contributed by atoms with Gasteiger partial charge in [0.05, 0.1) is 12.2 Å². The fourth-order valence-corrected chi connectivity index (χ4v) is 3.33. The highest BCUT2D eigenvalue weighted by molar-refractivity contribution is 5.94. The molecule has 154 valence electrons. The van der Waals surface area contributed by atoms with E-state index in [0.717, 1.165) is 57.8 Å². The van der Waals surface area contributed by atoms with E-state index in [9.17, 15) is 20.1 Å². The smallest absolute Gasteiger partial charge is 0.336 e. The predicted molar refractivity (Wildman–Crippen MR) is 108 cm³/mol. The molecule has 0 atom stereocenters. The van der Waals surface area contributed by atoms with Gasteiger partial charge >= 0.3 is 5.97 Å². The highest BCUT2D eigenvalue weighted by Crippen LogP contribution is 2.45. The van der Waals surface area contributed by atoms with Gasteiger partial charge in [-0.2, -0.15) is 0 Å². The first-order valence-corrected chi connectivity index (χ1v) is 10.4. The third kappa shape index (κ3) is 6.64. The van der Waals surface area contributed by atoms with Gasteiger partial charge in [-0.25, -0.2) is 4.79 Å². The van der Waals surface area contributed by atoms with Gasteiger partial charge < -0.3 is 20.1 Å². The Labute approximate surface area is 163 Å². The van der Waals surface area contributed by atoms with Crippen LogP contribution in [0.4, 0.5) is 0 Å². The van der Waals surface area contributed by atoms with E-state index < -0.39 is 5.97 Å². The Balaban J connectivity index is 3.34. The Morgan fingerprint density at radius 1 is 0.778 bits per heavy atom. The molecule has 0 aliphatic carbocycles. The van der Waals surface area contributed by atoms with Crippen molar-refractivity contribution in [1.29, 1.82) is 0 Å². The van der Waals surface area contributed by atoms with E-state index in [1.54, 1.807) is 0 Å². The van der Waals surface area contributed by atoms with E-state index in [1.807, 2.05) is 0 Å². The van der Waals surface area contributed by atoms with Crippen molar-refractivity contribution in [3.05, 3.63) is 16.7 Å². The molecular formula is C22H36O5. The molecule has 0 spiro atoms. The van der Waals surface area contributed by atoms with Gasteiger partial charge in [0.2, 0.25) is 5.75 Å². The van der Waals surface area contributed by atoms with Crippen molar-refractivity contribution in [2.75, 3.05) is 6.61 Å². The summed E-state index contributed by atoms with van der Waals surface area (Å²) in [5, 5.41) is 30.9. The van der Waals surface area contributed by atoms with Crippen molar-refractivity contribution in [3.8, 4) is 17.2 Å². The molecule has 1 rings (SSSR count). The van der Waals surface area contributed by atoms with Crippen LogP contribution in [0, 0.1) is 0 Å². The van der Waals surface area contributed by atoms with Gasteiger partial charge in [0.1, 0.15) is 0 Å². The van der Waals surface area contributed by atoms with Crippen LogP contribution in [0.5, 0.6) is 17.2 Å². The number of carboxylic acid groups (broad SMARTS) is 1. The van der Waals surface area contributed by atoms with Crippen molar-refractivity contribution < 1.29 is 24.9 Å². The first-order valence-electron chi connectivity index (χ1n) is 10.4. The van der Waals surface area contributed by atoms with Gasteiger partial charge in [0.25, 0.3) is 0 Å². The van der Waals surface area contributed by atoms with Crippen molar-refractivity contribution in [1.82, 2.24) is 0 Å². The Morgan fingerprint density at radius 2 is 1.30 bits per heavy atom. The Bertz CT molecular complexity index is 595. The number of hydrogen-bond donors (Lipinski definition) is 3. The maximum atomic E-state index is 12.1. The van der Waals surface area contributed by atoms with Gasteiger partial charge in [-0.05, 0) is 32.1 Å². The molecule has 0 aliphatic heterocycles. The highest BCUT2D eigenvalue weighted by atomic mass is 16.5. The average Bonchev–Trinajstić information content (AvgIpc) is 2.64. The van der Waals surface area contributed by atoms with Crippen molar-refractivity contribution in [2.45, 2.75) is 91.4 Å². The summed E-state index contributed by atoms with van der Waals surface area (Å²) in [6.07, 6.45) is 9.35. The van der Waals surface area contributed by atoms with E-state index in [4.69, 9.17) is 4.74 Å². The van der Waals surface area contributed by atoms with Gasteiger partial charge in [-0.1, -0.05) is 59.3 Å². The monoisotopic (exact) mass is 380 g/mol. The summed E-state index contributed by atoms with van der Waals surface area (Å²) in [5.74, 6) is -1.57. The second-order valence-electron chi connectivity index (χ2n) is 7.13. The summed E-state index contributed by atoms with van der Waals surface area (Å²) >= 11 is 0. The standard InChI is InChI=1S/C22H36O5/c1-4-7-10-13-16-18(22(25)26)17(14-11-8-5-2)21(20(24)19(16)23)27-15-12-9-6-3/h23-24H,4-15H2,1-3H3,(H,25,26). The molecule has 0 bridgehead atoms. The van der Waals surface area contributed by atoms with Crippen molar-refractivity contribution >= 4 is 5.97 Å². The quantitative estimate of drug-likeness (QED) is 0.279. The van der Waals surface area contributed by atoms with Crippen LogP contribution in [0.2, 0.25) is 0 Å². The molecule has 0 heterocycles. The lowest BCUT2D eigenvalue weighted by atomic mass is 9.91. The zero-order chi connectivity index (χ0) is 20.2. The zero-order valence-corrected chi connectivity index (χ0v) is 17.1. The minimum atomic E-state index is -1.07. The van der Waals surface area contributed by atoms with E-state index >= 15 is 0 Å². The van der Waals surface area contributed by atoms with Crippen LogP contribution >= 0.6 is 0 Å². The second kappa shape index (κ2) is 12.5. The van der Waals surface area contributed by atoms with Gasteiger partial charge in [0, 0.05) is 11.1 Å². The maximum absolute atomic E-state index is 12.1. The predicted octanol–water partition coefficient (Wildman–Crippen LogP) is 5.83. The number of hydrogen-bond acceptors (Lipinski definition) is 4. The Morgan fingerprint density at radius 3 is 1.81 bits per heavy atom. The summed E-state index contributed by atoms with van der Waals surface area (Å²) in [5.41, 5.74) is 0.970. The van der Waals surface area contributed by atoms with Gasteiger partial charge in [0.15, 0.2) is 11.5 Å². The number of aromatic hydroxyl groups is 2. The molecule has 5 heteroatoms. The first kappa shape index (κ1) is 23.1. The average molecular weight is 381 g/mol. The molecule has 0 unspecified atom stereocenters. The normalized spacial score (nSPS) is 10.9. The molecule has 1 aromatic carbocycles. The highest BCUT2D eigenvalue weighted by Gasteiger charge is 2.27. The summed E-state index contributed by atoms with van der Waals surface area (Å²) in [6, 6.07) is 0. The summed E-state index contributed by atoms with van der Waals surface area (Å²) in [4.78, 5) is 12.1. The summed E-state index contributed by atoms with van der Waals surface area (Å²) < 4.78 is 5.78. The van der Waals surface area contributed by atoms with E-state index in [0.29, 0.717) is 30.6 Å². The minimum absolute atomic E-state index is 0.114. The first-order chi connectivity index (χ1) is 13.0. The largest absolute Gasteiger partial charge is 0.504 e. The lowest BCUT2D eigenvalue weighted by molar-refractivity contribution is 0.0693. The van der Waals surface area contributed by atoms with Crippen LogP contribution in [-0.4, -0.2) is 27.9 Å². The molecule has 0 saturated heterocycles. The number of benzene rings is 1. The number of phenols is 2. The molecule has 0 saturated carbocycles. The summed E-state index contributed by atoms with van der Waals surface area (Å²) in [6.45, 7) is 6.65. The number of rotatable bonds is 14. The molecule has 0 amide bonds. The van der Waals surface area contributed by atoms with Crippen LogP contribution in [0.3, 0.4) is 0 Å². The molecule has 0 aromatic heterocycles.